The number of ether oxygens (including phenoxy) is 1. The Kier molecular flexibility index (Phi) is 7.33. The van der Waals surface area contributed by atoms with E-state index in [-0.39, 0.29) is 17.8 Å². The van der Waals surface area contributed by atoms with Gasteiger partial charge in [0.1, 0.15) is 22.9 Å². The minimum atomic E-state index is -1.37. The fraction of sp³-hybridized carbons (Fsp3) is 0.250. The fourth-order valence-electron chi connectivity index (χ4n) is 5.01. The van der Waals surface area contributed by atoms with Gasteiger partial charge in [-0.05, 0) is 72.6 Å². The van der Waals surface area contributed by atoms with Crippen LogP contribution in [-0.4, -0.2) is 21.1 Å². The van der Waals surface area contributed by atoms with Crippen molar-refractivity contribution in [3.63, 3.8) is 0 Å². The van der Waals surface area contributed by atoms with Crippen LogP contribution in [0, 0.1) is 0 Å². The second-order valence-electron chi connectivity index (χ2n) is 9.88. The molecule has 0 bridgehead atoms. The molecule has 0 saturated heterocycles. The van der Waals surface area contributed by atoms with Gasteiger partial charge in [-0.25, -0.2) is 5.84 Å². The van der Waals surface area contributed by atoms with Crippen molar-refractivity contribution in [3.05, 3.63) is 97.9 Å². The van der Waals surface area contributed by atoms with E-state index >= 15 is 0 Å². The predicted octanol–water partition coefficient (Wildman–Crippen LogP) is 6.00. The second-order valence-corrected chi connectivity index (χ2v) is 11.1. The Morgan fingerprint density at radius 3 is 2.48 bits per heavy atom. The first-order valence-corrected chi connectivity index (χ1v) is 13.8. The standard InChI is InChI=1S/C28H25Cl3N6O3/c29-19-2-1-3-20(30)23(19)25-24(26(40-37-25)13-4-5-13)28(38)39-15-7-8-16(21(31)10-15)18-11-17(18)14-6-9-22(34-12-14)27(35-32)36-33/h1-3,6-10,12-13,17-18,28,38H,4-5,11,32-33H2,(H,35,36). The van der Waals surface area contributed by atoms with E-state index < -0.39 is 6.29 Å². The SMILES string of the molecule is N/N=C(\NN)c1ccc(C2CC2c2ccc(OC(O)c3c(-c4c(Cl)cccc4Cl)noc3C3CC3)cc2Cl)cn1. The van der Waals surface area contributed by atoms with Crippen molar-refractivity contribution in [2.75, 3.05) is 0 Å². The molecule has 9 nitrogen and oxygen atoms in total. The summed E-state index contributed by atoms with van der Waals surface area (Å²) in [5.74, 6) is 12.7. The summed E-state index contributed by atoms with van der Waals surface area (Å²) in [7, 11) is 0. The van der Waals surface area contributed by atoms with E-state index in [1.165, 1.54) is 0 Å². The van der Waals surface area contributed by atoms with Crippen molar-refractivity contribution in [2.45, 2.75) is 43.3 Å². The quantitative estimate of drug-likeness (QED) is 0.0635. The van der Waals surface area contributed by atoms with E-state index in [1.807, 2.05) is 18.2 Å². The number of aliphatic hydroxyl groups excluding tert-OH is 1. The smallest absolute Gasteiger partial charge is 0.229 e. The van der Waals surface area contributed by atoms with Crippen LogP contribution in [0.5, 0.6) is 5.75 Å². The third-order valence-electron chi connectivity index (χ3n) is 7.28. The van der Waals surface area contributed by atoms with Crippen molar-refractivity contribution < 1.29 is 14.4 Å². The first-order valence-electron chi connectivity index (χ1n) is 12.7. The van der Waals surface area contributed by atoms with Crippen LogP contribution in [0.4, 0.5) is 0 Å². The Hall–Kier alpha value is -3.34. The van der Waals surface area contributed by atoms with Gasteiger partial charge in [0.15, 0.2) is 5.84 Å². The molecular weight excluding hydrogens is 575 g/mol. The zero-order valence-electron chi connectivity index (χ0n) is 21.0. The average Bonchev–Trinajstić information content (AvgIpc) is 3.88. The summed E-state index contributed by atoms with van der Waals surface area (Å²) in [6.07, 6.45) is 3.25. The highest BCUT2D eigenvalue weighted by molar-refractivity contribution is 6.39. The van der Waals surface area contributed by atoms with Crippen LogP contribution in [0.3, 0.4) is 0 Å². The van der Waals surface area contributed by atoms with E-state index in [9.17, 15) is 5.11 Å². The molecule has 2 aromatic heterocycles. The molecule has 2 saturated carbocycles. The van der Waals surface area contributed by atoms with Crippen LogP contribution in [0.25, 0.3) is 11.3 Å². The molecule has 206 valence electrons. The van der Waals surface area contributed by atoms with Crippen molar-refractivity contribution in [1.29, 1.82) is 0 Å². The summed E-state index contributed by atoms with van der Waals surface area (Å²) in [6, 6.07) is 14.4. The van der Waals surface area contributed by atoms with Gasteiger partial charge in [0.2, 0.25) is 6.29 Å². The highest BCUT2D eigenvalue weighted by Crippen LogP contribution is 2.56. The molecule has 12 heteroatoms. The lowest BCUT2D eigenvalue weighted by Crippen LogP contribution is -2.32. The number of hydrogen-bond acceptors (Lipinski definition) is 8. The molecule has 6 N–H and O–H groups in total. The van der Waals surface area contributed by atoms with Crippen LogP contribution < -0.4 is 21.8 Å². The van der Waals surface area contributed by atoms with Gasteiger partial charge >= 0.3 is 0 Å². The van der Waals surface area contributed by atoms with Crippen molar-refractivity contribution in [3.8, 4) is 17.0 Å². The molecule has 4 aromatic rings. The van der Waals surface area contributed by atoms with Crippen LogP contribution >= 0.6 is 34.8 Å². The van der Waals surface area contributed by atoms with Gasteiger partial charge in [-0.2, -0.15) is 5.10 Å². The molecule has 0 spiro atoms. The summed E-state index contributed by atoms with van der Waals surface area (Å²) in [5, 5.41) is 20.4. The number of hydrogen-bond donors (Lipinski definition) is 4. The number of hydrazine groups is 1. The van der Waals surface area contributed by atoms with Gasteiger partial charge in [-0.15, -0.1) is 0 Å². The number of benzene rings is 2. The predicted molar refractivity (Wildman–Crippen MR) is 153 cm³/mol. The molecule has 6 rings (SSSR count). The number of nitrogens with two attached hydrogens (primary N) is 2. The topological polar surface area (TPSA) is 145 Å². The number of aliphatic hydroxyl groups is 1. The lowest BCUT2D eigenvalue weighted by atomic mass is 10.0. The van der Waals surface area contributed by atoms with Gasteiger partial charge in [-0.1, -0.05) is 58.2 Å². The Balaban J connectivity index is 1.21. The van der Waals surface area contributed by atoms with E-state index in [1.54, 1.807) is 36.5 Å². The zero-order chi connectivity index (χ0) is 28.0. The van der Waals surface area contributed by atoms with Crippen molar-refractivity contribution in [2.24, 2.45) is 16.8 Å². The normalized spacial score (nSPS) is 19.4. The lowest BCUT2D eigenvalue weighted by Gasteiger charge is -2.16. The maximum Gasteiger partial charge on any atom is 0.229 e. The number of aromatic nitrogens is 2. The maximum atomic E-state index is 11.2. The zero-order valence-corrected chi connectivity index (χ0v) is 23.3. The van der Waals surface area contributed by atoms with Crippen LogP contribution in [0.2, 0.25) is 15.1 Å². The first kappa shape index (κ1) is 26.9. The van der Waals surface area contributed by atoms with E-state index in [4.69, 9.17) is 55.7 Å². The second kappa shape index (κ2) is 10.9. The Bertz CT molecular complexity index is 1570. The Labute approximate surface area is 245 Å². The number of halogens is 3. The molecule has 3 atom stereocenters. The van der Waals surface area contributed by atoms with Crippen molar-refractivity contribution >= 4 is 40.6 Å². The summed E-state index contributed by atoms with van der Waals surface area (Å²) in [4.78, 5) is 4.40. The number of amidine groups is 1. The number of pyridine rings is 1. The van der Waals surface area contributed by atoms with Gasteiger partial charge in [0, 0.05) is 22.7 Å². The number of rotatable bonds is 8. The summed E-state index contributed by atoms with van der Waals surface area (Å²) in [5.41, 5.74) is 6.33. The third kappa shape index (κ3) is 5.11. The molecule has 3 unspecified atom stereocenters. The minimum absolute atomic E-state index is 0.165. The van der Waals surface area contributed by atoms with E-state index in [2.05, 4.69) is 20.7 Å². The molecule has 2 heterocycles. The molecule has 2 aromatic carbocycles. The molecule has 2 fully saturated rings. The van der Waals surface area contributed by atoms with Gasteiger partial charge in [-0.3, -0.25) is 4.98 Å². The molecule has 0 radical (unpaired) electrons. The molecule has 2 aliphatic carbocycles. The average molecular weight is 600 g/mol. The largest absolute Gasteiger partial charge is 0.461 e. The van der Waals surface area contributed by atoms with E-state index in [0.717, 1.165) is 30.4 Å². The summed E-state index contributed by atoms with van der Waals surface area (Å²) >= 11 is 19.6. The van der Waals surface area contributed by atoms with Gasteiger partial charge < -0.3 is 25.6 Å². The molecular formula is C28H25Cl3N6O3. The van der Waals surface area contributed by atoms with Crippen LogP contribution in [0.15, 0.2) is 64.4 Å². The van der Waals surface area contributed by atoms with Gasteiger partial charge in [0.05, 0.1) is 15.6 Å². The number of nitrogens with one attached hydrogen (secondary N) is 1. The summed E-state index contributed by atoms with van der Waals surface area (Å²) in [6.45, 7) is 0. The number of nitrogens with zero attached hydrogens (tertiary/aromatic N) is 3. The monoisotopic (exact) mass is 598 g/mol. The summed E-state index contributed by atoms with van der Waals surface area (Å²) < 4.78 is 11.6. The van der Waals surface area contributed by atoms with Gasteiger partial charge in [0.25, 0.3) is 0 Å². The highest BCUT2D eigenvalue weighted by Gasteiger charge is 2.41. The Morgan fingerprint density at radius 2 is 1.85 bits per heavy atom. The highest BCUT2D eigenvalue weighted by atomic mass is 35.5. The van der Waals surface area contributed by atoms with E-state index in [0.29, 0.717) is 54.9 Å². The first-order chi connectivity index (χ1) is 19.4. The molecule has 40 heavy (non-hydrogen) atoms. The Morgan fingerprint density at radius 1 is 1.07 bits per heavy atom. The fourth-order valence-corrected chi connectivity index (χ4v) is 5.90. The number of hydrazone groups is 1. The van der Waals surface area contributed by atoms with Crippen molar-refractivity contribution in [1.82, 2.24) is 15.6 Å². The minimum Gasteiger partial charge on any atom is -0.461 e. The van der Waals surface area contributed by atoms with Crippen LogP contribution in [-0.2, 0) is 0 Å². The molecule has 0 amide bonds. The van der Waals surface area contributed by atoms with Crippen LogP contribution in [0.1, 0.15) is 71.5 Å². The third-order valence-corrected chi connectivity index (χ3v) is 8.24. The molecule has 2 aliphatic rings. The molecule has 0 aliphatic heterocycles. The lowest BCUT2D eigenvalue weighted by molar-refractivity contribution is -0.0203. The maximum absolute atomic E-state index is 11.2.